The molecule has 166 valence electrons. The molecule has 4 heterocycles. The fourth-order valence-electron chi connectivity index (χ4n) is 3.72. The minimum Gasteiger partial charge on any atom is -0.359 e. The van der Waals surface area contributed by atoms with E-state index in [1.54, 1.807) is 24.2 Å². The van der Waals surface area contributed by atoms with Crippen LogP contribution in [0.3, 0.4) is 0 Å². The normalized spacial score (nSPS) is 17.1. The largest absolute Gasteiger partial charge is 0.433 e. The van der Waals surface area contributed by atoms with Gasteiger partial charge in [0, 0.05) is 26.7 Å². The lowest BCUT2D eigenvalue weighted by molar-refractivity contribution is -0.141. The number of anilines is 2. The summed E-state index contributed by atoms with van der Waals surface area (Å²) in [7, 11) is 1.71. The number of fused-ring (bicyclic) bond motifs is 1. The van der Waals surface area contributed by atoms with Gasteiger partial charge in [-0.1, -0.05) is 6.07 Å². The lowest BCUT2D eigenvalue weighted by Crippen LogP contribution is -2.29. The van der Waals surface area contributed by atoms with Crippen molar-refractivity contribution in [2.24, 2.45) is 5.92 Å². The minimum absolute atomic E-state index is 0.171. The summed E-state index contributed by atoms with van der Waals surface area (Å²) in [6, 6.07) is 3.84. The topological polar surface area (TPSA) is 63.0 Å². The number of pyridine rings is 1. The van der Waals surface area contributed by atoms with E-state index >= 15 is 0 Å². The summed E-state index contributed by atoms with van der Waals surface area (Å²) in [5.41, 5.74) is -0.184. The molecule has 0 aliphatic carbocycles. The highest BCUT2D eigenvalue weighted by Crippen LogP contribution is 2.29. The van der Waals surface area contributed by atoms with E-state index in [0.29, 0.717) is 36.6 Å². The van der Waals surface area contributed by atoms with Crippen LogP contribution in [0.2, 0.25) is 0 Å². The molecule has 3 aromatic heterocycles. The lowest BCUT2D eigenvalue weighted by Gasteiger charge is -2.23. The number of alkyl halides is 5. The van der Waals surface area contributed by atoms with Crippen LogP contribution in [0.4, 0.5) is 33.6 Å². The van der Waals surface area contributed by atoms with Crippen molar-refractivity contribution in [3.63, 3.8) is 0 Å². The molecule has 0 amide bonds. The fourth-order valence-corrected chi connectivity index (χ4v) is 3.72. The second-order valence-corrected chi connectivity index (χ2v) is 7.51. The molecule has 1 aliphatic rings. The predicted molar refractivity (Wildman–Crippen MR) is 104 cm³/mol. The van der Waals surface area contributed by atoms with E-state index in [-0.39, 0.29) is 11.7 Å². The first-order valence-corrected chi connectivity index (χ1v) is 9.68. The first-order chi connectivity index (χ1) is 14.7. The van der Waals surface area contributed by atoms with E-state index < -0.39 is 24.8 Å². The summed E-state index contributed by atoms with van der Waals surface area (Å²) in [5.74, 6) is 0.987. The molecule has 7 nitrogen and oxygen atoms in total. The second-order valence-electron chi connectivity index (χ2n) is 7.51. The van der Waals surface area contributed by atoms with E-state index in [4.69, 9.17) is 0 Å². The summed E-state index contributed by atoms with van der Waals surface area (Å²) in [4.78, 5) is 16.1. The molecule has 1 saturated heterocycles. The van der Waals surface area contributed by atoms with E-state index in [1.165, 1.54) is 12.3 Å². The molecule has 1 aliphatic heterocycles. The number of aromatic nitrogens is 5. The maximum absolute atomic E-state index is 12.9. The Morgan fingerprint density at radius 2 is 2.00 bits per heavy atom. The molecule has 31 heavy (non-hydrogen) atoms. The number of nitrogens with zero attached hydrogens (tertiary/aromatic N) is 7. The zero-order valence-corrected chi connectivity index (χ0v) is 16.6. The Morgan fingerprint density at radius 1 is 1.19 bits per heavy atom. The molecule has 0 N–H and O–H groups in total. The quantitative estimate of drug-likeness (QED) is 0.546. The molecule has 1 atom stereocenters. The molecule has 0 unspecified atom stereocenters. The van der Waals surface area contributed by atoms with Crippen molar-refractivity contribution in [1.82, 2.24) is 24.7 Å². The van der Waals surface area contributed by atoms with Crippen molar-refractivity contribution >= 4 is 22.8 Å². The molecule has 0 bridgehead atoms. The lowest BCUT2D eigenvalue weighted by atomic mass is 10.1. The van der Waals surface area contributed by atoms with Gasteiger partial charge in [0.2, 0.25) is 0 Å². The molecule has 0 aromatic carbocycles. The van der Waals surface area contributed by atoms with Crippen molar-refractivity contribution in [3.05, 3.63) is 36.3 Å². The van der Waals surface area contributed by atoms with Gasteiger partial charge in [-0.25, -0.2) is 28.4 Å². The van der Waals surface area contributed by atoms with Crippen molar-refractivity contribution in [3.8, 4) is 0 Å². The summed E-state index contributed by atoms with van der Waals surface area (Å²) >= 11 is 0. The highest BCUT2D eigenvalue weighted by molar-refractivity contribution is 5.71. The third-order valence-corrected chi connectivity index (χ3v) is 5.20. The average Bonchev–Trinajstić information content (AvgIpc) is 3.34. The number of rotatable bonds is 6. The van der Waals surface area contributed by atoms with Gasteiger partial charge < -0.3 is 9.80 Å². The highest BCUT2D eigenvalue weighted by atomic mass is 19.4. The Balaban J connectivity index is 1.44. The fraction of sp³-hybridized carbons (Fsp3) is 0.474. The molecule has 3 aromatic rings. The van der Waals surface area contributed by atoms with Gasteiger partial charge in [-0.05, 0) is 24.5 Å². The molecule has 0 radical (unpaired) electrons. The number of hydrogen-bond acceptors (Lipinski definition) is 6. The van der Waals surface area contributed by atoms with Crippen molar-refractivity contribution in [1.29, 1.82) is 0 Å². The molecule has 12 heteroatoms. The highest BCUT2D eigenvalue weighted by Gasteiger charge is 2.33. The summed E-state index contributed by atoms with van der Waals surface area (Å²) in [6.07, 6.45) is -3.26. The molecule has 0 spiro atoms. The monoisotopic (exact) mass is 441 g/mol. The van der Waals surface area contributed by atoms with Gasteiger partial charge in [0.25, 0.3) is 6.43 Å². The molecule has 0 saturated carbocycles. The van der Waals surface area contributed by atoms with Crippen LogP contribution in [0.5, 0.6) is 0 Å². The zero-order chi connectivity index (χ0) is 22.2. The third-order valence-electron chi connectivity index (χ3n) is 5.20. The summed E-state index contributed by atoms with van der Waals surface area (Å²) < 4.78 is 65.4. The van der Waals surface area contributed by atoms with E-state index in [2.05, 4.69) is 20.1 Å². The summed E-state index contributed by atoms with van der Waals surface area (Å²) in [5, 5.41) is 3.91. The molecule has 4 rings (SSSR count). The van der Waals surface area contributed by atoms with Crippen LogP contribution in [0.25, 0.3) is 11.2 Å². The van der Waals surface area contributed by atoms with E-state index in [9.17, 15) is 22.0 Å². The van der Waals surface area contributed by atoms with Gasteiger partial charge in [0.1, 0.15) is 29.4 Å². The first-order valence-electron chi connectivity index (χ1n) is 9.68. The van der Waals surface area contributed by atoms with Gasteiger partial charge in [0.15, 0.2) is 5.65 Å². The first kappa shape index (κ1) is 21.2. The van der Waals surface area contributed by atoms with Crippen LogP contribution in [0.1, 0.15) is 12.1 Å². The zero-order valence-electron chi connectivity index (χ0n) is 16.6. The Kier molecular flexibility index (Phi) is 5.63. The molecular formula is C19H20F5N7. The van der Waals surface area contributed by atoms with Gasteiger partial charge in [-0.15, -0.1) is 0 Å². The Morgan fingerprint density at radius 3 is 2.74 bits per heavy atom. The van der Waals surface area contributed by atoms with Gasteiger partial charge >= 0.3 is 6.18 Å². The van der Waals surface area contributed by atoms with Crippen LogP contribution in [-0.2, 0) is 12.7 Å². The standard InChI is InChI=1S/C19H20F5N7/c1-29(16-4-2-3-14(27-16)19(22,23)24)9-12-5-6-30(10-12)17-8-25-13-7-26-31(11-15(20)21)18(13)28-17/h2-4,7-8,12,15H,5-6,9-11H2,1H3/t12-/m0/s1. The predicted octanol–water partition coefficient (Wildman–Crippen LogP) is 3.47. The van der Waals surface area contributed by atoms with Crippen LogP contribution >= 0.6 is 0 Å². The third kappa shape index (κ3) is 4.67. The minimum atomic E-state index is -4.49. The van der Waals surface area contributed by atoms with Crippen LogP contribution in [-0.4, -0.2) is 57.8 Å². The smallest absolute Gasteiger partial charge is 0.359 e. The van der Waals surface area contributed by atoms with Crippen LogP contribution in [0, 0.1) is 5.92 Å². The van der Waals surface area contributed by atoms with Crippen molar-refractivity contribution in [2.75, 3.05) is 36.5 Å². The maximum atomic E-state index is 12.9. The summed E-state index contributed by atoms with van der Waals surface area (Å²) in [6.45, 7) is 1.26. The van der Waals surface area contributed by atoms with Gasteiger partial charge in [-0.3, -0.25) is 0 Å². The number of halogens is 5. The SMILES string of the molecule is CN(C[C@@H]1CCN(c2cnc3cnn(CC(F)F)c3n2)C1)c1cccc(C(F)(F)F)n1. The maximum Gasteiger partial charge on any atom is 0.433 e. The Hall–Kier alpha value is -3.05. The van der Waals surface area contributed by atoms with E-state index in [1.807, 2.05) is 4.90 Å². The van der Waals surface area contributed by atoms with E-state index in [0.717, 1.165) is 17.2 Å². The van der Waals surface area contributed by atoms with Gasteiger partial charge in [-0.2, -0.15) is 18.3 Å². The second kappa shape index (κ2) is 8.23. The average molecular weight is 441 g/mol. The van der Waals surface area contributed by atoms with Gasteiger partial charge in [0.05, 0.1) is 12.4 Å². The Labute approximate surface area is 174 Å². The van der Waals surface area contributed by atoms with Crippen molar-refractivity contribution in [2.45, 2.75) is 25.6 Å². The molecular weight excluding hydrogens is 421 g/mol. The van der Waals surface area contributed by atoms with Crippen LogP contribution < -0.4 is 9.80 Å². The molecule has 1 fully saturated rings. The van der Waals surface area contributed by atoms with Crippen molar-refractivity contribution < 1.29 is 22.0 Å². The Bertz CT molecular complexity index is 1050. The number of hydrogen-bond donors (Lipinski definition) is 0. The van der Waals surface area contributed by atoms with Crippen LogP contribution in [0.15, 0.2) is 30.6 Å².